The molecule has 0 radical (unpaired) electrons. The molecule has 3 nitrogen and oxygen atoms in total. The average molecular weight is 300 g/mol. The first kappa shape index (κ1) is 13.7. The predicted octanol–water partition coefficient (Wildman–Crippen LogP) is 4.97. The normalized spacial score (nSPS) is 11.4. The summed E-state index contributed by atoms with van der Waals surface area (Å²) in [7, 11) is 1.66. The van der Waals surface area contributed by atoms with Crippen molar-refractivity contribution in [3.8, 4) is 5.75 Å². The average Bonchev–Trinajstić information content (AvgIpc) is 2.87. The molecule has 0 aliphatic rings. The summed E-state index contributed by atoms with van der Waals surface area (Å²) in [5.74, 6) is 1.35. The van der Waals surface area contributed by atoms with E-state index in [1.165, 1.54) is 5.56 Å². The topological polar surface area (TPSA) is 35.3 Å². The van der Waals surface area contributed by atoms with Crippen LogP contribution in [-0.2, 0) is 0 Å². The third-order valence-electron chi connectivity index (χ3n) is 3.16. The third kappa shape index (κ3) is 2.93. The lowest BCUT2D eigenvalue weighted by Crippen LogP contribution is -1.87. The van der Waals surface area contributed by atoms with Gasteiger partial charge < -0.3 is 9.15 Å². The van der Waals surface area contributed by atoms with E-state index in [9.17, 15) is 0 Å². The van der Waals surface area contributed by atoms with E-state index in [2.05, 4.69) is 11.1 Å². The quantitative estimate of drug-likeness (QED) is 0.685. The Morgan fingerprint density at radius 3 is 2.81 bits per heavy atom. The third-order valence-corrected chi connectivity index (χ3v) is 3.39. The van der Waals surface area contributed by atoms with E-state index >= 15 is 0 Å². The fourth-order valence-corrected chi connectivity index (χ4v) is 2.30. The van der Waals surface area contributed by atoms with Crippen LogP contribution in [0.2, 0.25) is 5.02 Å². The van der Waals surface area contributed by atoms with Gasteiger partial charge in [0.15, 0.2) is 5.58 Å². The maximum atomic E-state index is 5.94. The number of oxazole rings is 1. The van der Waals surface area contributed by atoms with Crippen molar-refractivity contribution in [2.45, 2.75) is 6.92 Å². The van der Waals surface area contributed by atoms with Crippen LogP contribution in [0, 0.1) is 6.92 Å². The molecule has 4 heteroatoms. The second-order valence-corrected chi connectivity index (χ2v) is 5.18. The largest absolute Gasteiger partial charge is 0.496 e. The van der Waals surface area contributed by atoms with Crippen LogP contribution >= 0.6 is 11.6 Å². The molecular weight excluding hydrogens is 286 g/mol. The van der Waals surface area contributed by atoms with Crippen LogP contribution in [0.25, 0.3) is 23.3 Å². The highest BCUT2D eigenvalue weighted by Gasteiger charge is 2.04. The van der Waals surface area contributed by atoms with E-state index in [1.807, 2.05) is 37.3 Å². The molecule has 3 rings (SSSR count). The summed E-state index contributed by atoms with van der Waals surface area (Å²) in [6, 6.07) is 11.4. The Morgan fingerprint density at radius 2 is 2.00 bits per heavy atom. The molecule has 2 aromatic carbocycles. The van der Waals surface area contributed by atoms with Crippen LogP contribution in [0.1, 0.15) is 17.0 Å². The smallest absolute Gasteiger partial charge is 0.220 e. The van der Waals surface area contributed by atoms with E-state index in [1.54, 1.807) is 19.2 Å². The summed E-state index contributed by atoms with van der Waals surface area (Å²) in [6.45, 7) is 2.04. The standard InChI is InChI=1S/C17H14ClNO2/c1-11-3-6-15(20-2)12(9-11)4-8-17-19-14-10-13(18)5-7-16(14)21-17/h3-10H,1-2H3/b8-4+. The second kappa shape index (κ2) is 5.62. The van der Waals surface area contributed by atoms with E-state index in [0.29, 0.717) is 10.9 Å². The Hall–Kier alpha value is -2.26. The minimum atomic E-state index is 0.538. The SMILES string of the molecule is COc1ccc(C)cc1/C=C/c1nc2cc(Cl)ccc2o1. The maximum absolute atomic E-state index is 5.94. The first-order chi connectivity index (χ1) is 10.2. The van der Waals surface area contributed by atoms with Gasteiger partial charge in [-0.05, 0) is 43.3 Å². The van der Waals surface area contributed by atoms with Crippen molar-refractivity contribution in [1.29, 1.82) is 0 Å². The van der Waals surface area contributed by atoms with Crippen molar-refractivity contribution in [3.63, 3.8) is 0 Å². The van der Waals surface area contributed by atoms with Crippen LogP contribution in [0.3, 0.4) is 0 Å². The van der Waals surface area contributed by atoms with Crippen LogP contribution in [0.5, 0.6) is 5.75 Å². The minimum absolute atomic E-state index is 0.538. The molecule has 0 N–H and O–H groups in total. The molecule has 0 fully saturated rings. The maximum Gasteiger partial charge on any atom is 0.220 e. The van der Waals surface area contributed by atoms with Gasteiger partial charge in [0.05, 0.1) is 7.11 Å². The lowest BCUT2D eigenvalue weighted by Gasteiger charge is -2.04. The Bertz CT molecular complexity index is 821. The molecule has 0 aliphatic heterocycles. The number of rotatable bonds is 3. The van der Waals surface area contributed by atoms with Gasteiger partial charge in [-0.3, -0.25) is 0 Å². The number of fused-ring (bicyclic) bond motifs is 1. The van der Waals surface area contributed by atoms with Crippen molar-refractivity contribution in [2.75, 3.05) is 7.11 Å². The van der Waals surface area contributed by atoms with Gasteiger partial charge in [-0.2, -0.15) is 0 Å². The zero-order valence-electron chi connectivity index (χ0n) is 11.8. The summed E-state index contributed by atoms with van der Waals surface area (Å²) in [6.07, 6.45) is 3.75. The summed E-state index contributed by atoms with van der Waals surface area (Å²) < 4.78 is 11.0. The first-order valence-corrected chi connectivity index (χ1v) is 6.92. The number of benzene rings is 2. The van der Waals surface area contributed by atoms with Crippen molar-refractivity contribution < 1.29 is 9.15 Å². The summed E-state index contributed by atoms with van der Waals surface area (Å²) in [5, 5.41) is 0.645. The molecule has 0 spiro atoms. The van der Waals surface area contributed by atoms with Gasteiger partial charge in [0.1, 0.15) is 11.3 Å². The molecule has 1 aromatic heterocycles. The number of hydrogen-bond acceptors (Lipinski definition) is 3. The molecule has 106 valence electrons. The molecule has 0 aliphatic carbocycles. The molecule has 0 amide bonds. The van der Waals surface area contributed by atoms with Crippen LogP contribution in [0.4, 0.5) is 0 Å². The van der Waals surface area contributed by atoms with E-state index in [4.69, 9.17) is 20.8 Å². The van der Waals surface area contributed by atoms with Crippen molar-refractivity contribution in [1.82, 2.24) is 4.98 Å². The molecule has 0 saturated heterocycles. The van der Waals surface area contributed by atoms with Gasteiger partial charge in [-0.25, -0.2) is 4.98 Å². The molecule has 0 bridgehead atoms. The highest BCUT2D eigenvalue weighted by molar-refractivity contribution is 6.31. The molecule has 3 aromatic rings. The first-order valence-electron chi connectivity index (χ1n) is 6.54. The number of halogens is 1. The zero-order chi connectivity index (χ0) is 14.8. The number of aromatic nitrogens is 1. The Balaban J connectivity index is 1.96. The van der Waals surface area contributed by atoms with E-state index in [0.717, 1.165) is 22.4 Å². The lowest BCUT2D eigenvalue weighted by atomic mass is 10.1. The molecule has 0 atom stereocenters. The van der Waals surface area contributed by atoms with Crippen LogP contribution in [0.15, 0.2) is 40.8 Å². The number of aryl methyl sites for hydroxylation is 1. The van der Waals surface area contributed by atoms with Gasteiger partial charge in [0.25, 0.3) is 0 Å². The van der Waals surface area contributed by atoms with Crippen molar-refractivity contribution in [3.05, 3.63) is 58.4 Å². The summed E-state index contributed by atoms with van der Waals surface area (Å²) in [4.78, 5) is 4.39. The Labute approximate surface area is 127 Å². The number of nitrogens with zero attached hydrogens (tertiary/aromatic N) is 1. The monoisotopic (exact) mass is 299 g/mol. The number of methoxy groups -OCH3 is 1. The van der Waals surface area contributed by atoms with Gasteiger partial charge in [-0.15, -0.1) is 0 Å². The molecule has 0 saturated carbocycles. The molecule has 0 unspecified atom stereocenters. The van der Waals surface area contributed by atoms with E-state index < -0.39 is 0 Å². The predicted molar refractivity (Wildman–Crippen MR) is 85.7 cm³/mol. The van der Waals surface area contributed by atoms with Gasteiger partial charge >= 0.3 is 0 Å². The lowest BCUT2D eigenvalue weighted by molar-refractivity contribution is 0.414. The summed E-state index contributed by atoms with van der Waals surface area (Å²) >= 11 is 5.94. The Kier molecular flexibility index (Phi) is 3.67. The van der Waals surface area contributed by atoms with Gasteiger partial charge in [-0.1, -0.05) is 23.2 Å². The molecule has 1 heterocycles. The zero-order valence-corrected chi connectivity index (χ0v) is 12.5. The van der Waals surface area contributed by atoms with Crippen molar-refractivity contribution >= 4 is 34.9 Å². The summed E-state index contributed by atoms with van der Waals surface area (Å²) in [5.41, 5.74) is 3.62. The highest BCUT2D eigenvalue weighted by atomic mass is 35.5. The van der Waals surface area contributed by atoms with Gasteiger partial charge in [0, 0.05) is 16.7 Å². The highest BCUT2D eigenvalue weighted by Crippen LogP contribution is 2.24. The molecular formula is C17H14ClNO2. The van der Waals surface area contributed by atoms with Gasteiger partial charge in [0.2, 0.25) is 5.89 Å². The fraction of sp³-hybridized carbons (Fsp3) is 0.118. The van der Waals surface area contributed by atoms with E-state index in [-0.39, 0.29) is 0 Å². The van der Waals surface area contributed by atoms with Crippen LogP contribution in [-0.4, -0.2) is 12.1 Å². The Morgan fingerprint density at radius 1 is 1.14 bits per heavy atom. The second-order valence-electron chi connectivity index (χ2n) is 4.74. The molecule has 21 heavy (non-hydrogen) atoms. The number of hydrogen-bond donors (Lipinski definition) is 0. The fourth-order valence-electron chi connectivity index (χ4n) is 2.13. The number of ether oxygens (including phenoxy) is 1. The van der Waals surface area contributed by atoms with Crippen LogP contribution < -0.4 is 4.74 Å². The minimum Gasteiger partial charge on any atom is -0.496 e. The van der Waals surface area contributed by atoms with Crippen molar-refractivity contribution in [2.24, 2.45) is 0 Å².